The predicted molar refractivity (Wildman–Crippen MR) is 91.7 cm³/mol. The van der Waals surface area contributed by atoms with E-state index in [-0.39, 0.29) is 24.2 Å². The lowest BCUT2D eigenvalue weighted by Crippen LogP contribution is -2.42. The maximum atomic E-state index is 12.5. The fourth-order valence-corrected chi connectivity index (χ4v) is 3.18. The number of morpholine rings is 1. The zero-order valence-electron chi connectivity index (χ0n) is 14.1. The highest BCUT2D eigenvalue weighted by Crippen LogP contribution is 2.21. The molecule has 3 rings (SSSR count). The van der Waals surface area contributed by atoms with Crippen molar-refractivity contribution in [3.05, 3.63) is 29.8 Å². The molecule has 1 unspecified atom stereocenters. The van der Waals surface area contributed by atoms with Crippen molar-refractivity contribution >= 4 is 17.5 Å². The minimum atomic E-state index is -0.371. The van der Waals surface area contributed by atoms with Crippen molar-refractivity contribution in [1.29, 1.82) is 5.26 Å². The Bertz CT molecular complexity index is 679. The highest BCUT2D eigenvalue weighted by atomic mass is 16.5. The number of anilines is 1. The highest BCUT2D eigenvalue weighted by Gasteiger charge is 2.34. The lowest BCUT2D eigenvalue weighted by Gasteiger charge is -2.28. The third-order valence-corrected chi connectivity index (χ3v) is 4.68. The Morgan fingerprint density at radius 1 is 1.28 bits per heavy atom. The second-order valence-corrected chi connectivity index (χ2v) is 6.34. The van der Waals surface area contributed by atoms with Gasteiger partial charge >= 0.3 is 0 Å². The number of likely N-dealkylation sites (tertiary alicyclic amines) is 1. The summed E-state index contributed by atoms with van der Waals surface area (Å²) in [7, 11) is 0. The molecule has 132 valence electrons. The molecule has 2 heterocycles. The number of carbonyl (C=O) groups is 2. The van der Waals surface area contributed by atoms with E-state index >= 15 is 0 Å². The van der Waals surface area contributed by atoms with Crippen LogP contribution in [0.3, 0.4) is 0 Å². The lowest BCUT2D eigenvalue weighted by atomic mass is 10.1. The van der Waals surface area contributed by atoms with E-state index in [4.69, 9.17) is 10.00 Å². The van der Waals surface area contributed by atoms with Gasteiger partial charge < -0.3 is 15.0 Å². The molecule has 1 atom stereocenters. The first-order valence-electron chi connectivity index (χ1n) is 8.55. The van der Waals surface area contributed by atoms with Crippen LogP contribution in [0.4, 0.5) is 5.69 Å². The van der Waals surface area contributed by atoms with E-state index in [2.05, 4.69) is 16.3 Å². The molecule has 0 radical (unpaired) electrons. The van der Waals surface area contributed by atoms with Gasteiger partial charge in [0.25, 0.3) is 0 Å². The maximum absolute atomic E-state index is 12.5. The van der Waals surface area contributed by atoms with Crippen molar-refractivity contribution in [2.45, 2.75) is 6.42 Å². The topological polar surface area (TPSA) is 85.7 Å². The highest BCUT2D eigenvalue weighted by molar-refractivity contribution is 5.98. The molecule has 7 nitrogen and oxygen atoms in total. The summed E-state index contributed by atoms with van der Waals surface area (Å²) in [5, 5.41) is 11.9. The van der Waals surface area contributed by atoms with Crippen LogP contribution in [0.15, 0.2) is 24.3 Å². The molecule has 2 amide bonds. The molecule has 25 heavy (non-hydrogen) atoms. The van der Waals surface area contributed by atoms with Crippen LogP contribution in [0.2, 0.25) is 0 Å². The molecule has 0 aliphatic carbocycles. The number of hydrogen-bond acceptors (Lipinski definition) is 5. The Morgan fingerprint density at radius 3 is 2.80 bits per heavy atom. The fraction of sp³-hybridized carbons (Fsp3) is 0.500. The standard InChI is InChI=1S/C18H22N4O3/c19-12-14-3-1-2-4-16(14)20-18(24)15-11-17(23)22(13-15)6-5-21-7-9-25-10-8-21/h1-4,15H,5-11,13H2,(H,20,24). The summed E-state index contributed by atoms with van der Waals surface area (Å²) in [6, 6.07) is 8.93. The Kier molecular flexibility index (Phi) is 5.64. The number of nitrogens with one attached hydrogen (secondary N) is 1. The number of benzene rings is 1. The smallest absolute Gasteiger partial charge is 0.229 e. The van der Waals surface area contributed by atoms with Crippen molar-refractivity contribution in [3.8, 4) is 6.07 Å². The third kappa shape index (κ3) is 4.35. The van der Waals surface area contributed by atoms with Crippen molar-refractivity contribution in [3.63, 3.8) is 0 Å². The first-order valence-corrected chi connectivity index (χ1v) is 8.55. The average molecular weight is 342 g/mol. The Labute approximate surface area is 147 Å². The van der Waals surface area contributed by atoms with Crippen molar-refractivity contribution < 1.29 is 14.3 Å². The normalized spacial score (nSPS) is 21.2. The number of rotatable bonds is 5. The summed E-state index contributed by atoms with van der Waals surface area (Å²) < 4.78 is 5.32. The van der Waals surface area contributed by atoms with E-state index in [0.717, 1.165) is 32.8 Å². The van der Waals surface area contributed by atoms with Crippen LogP contribution < -0.4 is 5.32 Å². The molecule has 0 bridgehead atoms. The van der Waals surface area contributed by atoms with Crippen molar-refractivity contribution in [2.75, 3.05) is 51.3 Å². The summed E-state index contributed by atoms with van der Waals surface area (Å²) >= 11 is 0. The number of nitriles is 1. The largest absolute Gasteiger partial charge is 0.379 e. The average Bonchev–Trinajstić information content (AvgIpc) is 3.02. The monoisotopic (exact) mass is 342 g/mol. The molecule has 7 heteroatoms. The maximum Gasteiger partial charge on any atom is 0.229 e. The van der Waals surface area contributed by atoms with Crippen LogP contribution in [0.5, 0.6) is 0 Å². The first kappa shape index (κ1) is 17.4. The van der Waals surface area contributed by atoms with Crippen LogP contribution in [0.1, 0.15) is 12.0 Å². The second kappa shape index (κ2) is 8.10. The second-order valence-electron chi connectivity index (χ2n) is 6.34. The van der Waals surface area contributed by atoms with Crippen LogP contribution in [-0.4, -0.2) is 67.6 Å². The molecular weight excluding hydrogens is 320 g/mol. The predicted octanol–water partition coefficient (Wildman–Crippen LogP) is 0.677. The van der Waals surface area contributed by atoms with Gasteiger partial charge in [-0.25, -0.2) is 0 Å². The van der Waals surface area contributed by atoms with Gasteiger partial charge in [0.2, 0.25) is 11.8 Å². The minimum absolute atomic E-state index is 0.0157. The van der Waals surface area contributed by atoms with Gasteiger partial charge in [0.05, 0.1) is 30.4 Å². The molecule has 0 aromatic heterocycles. The fourth-order valence-electron chi connectivity index (χ4n) is 3.18. The molecule has 2 aliphatic rings. The number of para-hydroxylation sites is 1. The van der Waals surface area contributed by atoms with Gasteiger partial charge in [-0.05, 0) is 12.1 Å². The van der Waals surface area contributed by atoms with Gasteiger partial charge in [-0.3, -0.25) is 14.5 Å². The van der Waals surface area contributed by atoms with Gasteiger partial charge in [-0.2, -0.15) is 5.26 Å². The SMILES string of the molecule is N#Cc1ccccc1NC(=O)C1CC(=O)N(CCN2CCOCC2)C1. The number of nitrogens with zero attached hydrogens (tertiary/aromatic N) is 3. The summed E-state index contributed by atoms with van der Waals surface area (Å²) in [6.45, 7) is 5.12. The van der Waals surface area contributed by atoms with Crippen LogP contribution in [0.25, 0.3) is 0 Å². The zero-order chi connectivity index (χ0) is 17.6. The van der Waals surface area contributed by atoms with E-state index < -0.39 is 0 Å². The minimum Gasteiger partial charge on any atom is -0.379 e. The van der Waals surface area contributed by atoms with Gasteiger partial charge in [0, 0.05) is 39.1 Å². The zero-order valence-corrected chi connectivity index (χ0v) is 14.1. The molecule has 1 N–H and O–H groups in total. The summed E-state index contributed by atoms with van der Waals surface area (Å²) in [6.07, 6.45) is 0.226. The van der Waals surface area contributed by atoms with E-state index in [9.17, 15) is 9.59 Å². The first-order chi connectivity index (χ1) is 12.2. The molecule has 0 saturated carbocycles. The number of amides is 2. The summed E-state index contributed by atoms with van der Waals surface area (Å²) in [5.74, 6) is -0.559. The molecule has 1 aromatic carbocycles. The van der Waals surface area contributed by atoms with Gasteiger partial charge in [0.15, 0.2) is 0 Å². The molecular formula is C18H22N4O3. The quantitative estimate of drug-likeness (QED) is 0.850. The molecule has 2 aliphatic heterocycles. The number of hydrogen-bond donors (Lipinski definition) is 1. The Hall–Kier alpha value is -2.43. The van der Waals surface area contributed by atoms with Gasteiger partial charge in [0.1, 0.15) is 6.07 Å². The van der Waals surface area contributed by atoms with Crippen molar-refractivity contribution in [2.24, 2.45) is 5.92 Å². The van der Waals surface area contributed by atoms with Crippen LogP contribution >= 0.6 is 0 Å². The molecule has 1 aromatic rings. The number of ether oxygens (including phenoxy) is 1. The molecule has 0 spiro atoms. The molecule has 2 saturated heterocycles. The Balaban J connectivity index is 1.52. The van der Waals surface area contributed by atoms with Gasteiger partial charge in [-0.1, -0.05) is 12.1 Å². The van der Waals surface area contributed by atoms with E-state index in [1.54, 1.807) is 29.2 Å². The van der Waals surface area contributed by atoms with Crippen LogP contribution in [0, 0.1) is 17.2 Å². The lowest BCUT2D eigenvalue weighted by molar-refractivity contribution is -0.128. The van der Waals surface area contributed by atoms with Gasteiger partial charge in [-0.15, -0.1) is 0 Å². The van der Waals surface area contributed by atoms with E-state index in [0.29, 0.717) is 24.3 Å². The van der Waals surface area contributed by atoms with Crippen molar-refractivity contribution in [1.82, 2.24) is 9.80 Å². The van der Waals surface area contributed by atoms with Crippen LogP contribution in [-0.2, 0) is 14.3 Å². The summed E-state index contributed by atoms with van der Waals surface area (Å²) in [4.78, 5) is 28.7. The molecule has 2 fully saturated rings. The number of carbonyl (C=O) groups excluding carboxylic acids is 2. The third-order valence-electron chi connectivity index (χ3n) is 4.68. The summed E-state index contributed by atoms with van der Waals surface area (Å²) in [5.41, 5.74) is 0.915. The Morgan fingerprint density at radius 2 is 2.04 bits per heavy atom. The van der Waals surface area contributed by atoms with E-state index in [1.807, 2.05) is 0 Å². The van der Waals surface area contributed by atoms with E-state index in [1.165, 1.54) is 0 Å².